The zero-order valence-corrected chi connectivity index (χ0v) is 16.1. The highest BCUT2D eigenvalue weighted by molar-refractivity contribution is 8.03. The second-order valence-electron chi connectivity index (χ2n) is 7.44. The molecule has 2 fully saturated rings. The molecule has 0 radical (unpaired) electrons. The van der Waals surface area contributed by atoms with Gasteiger partial charge in [0.25, 0.3) is 0 Å². The number of likely N-dealkylation sites (N-methyl/N-ethyl adjacent to an activating group) is 1. The van der Waals surface area contributed by atoms with Crippen LogP contribution in [0.25, 0.3) is 0 Å². The smallest absolute Gasteiger partial charge is 0.353 e. The average molecular weight is 383 g/mol. The number of carbonyl (C=O) groups is 3. The first kappa shape index (κ1) is 19.2. The first-order valence-electron chi connectivity index (χ1n) is 8.75. The summed E-state index contributed by atoms with van der Waals surface area (Å²) in [5.74, 6) is -2.14. The van der Waals surface area contributed by atoms with E-state index in [4.69, 9.17) is 0 Å². The maximum atomic E-state index is 12.3. The maximum absolute atomic E-state index is 12.3. The van der Waals surface area contributed by atoms with Gasteiger partial charge < -0.3 is 25.3 Å². The number of nitrogens with zero attached hydrogens (tertiary/aromatic N) is 2. The number of aliphatic hydroxyl groups excluding tert-OH is 1. The number of carboxylic acid groups (broad SMARTS) is 1. The minimum Gasteiger partial charge on any atom is -0.477 e. The Labute approximate surface area is 156 Å². The van der Waals surface area contributed by atoms with Crippen LogP contribution in [0, 0.1) is 11.8 Å². The summed E-state index contributed by atoms with van der Waals surface area (Å²) in [5, 5.41) is 22.8. The molecule has 3 aliphatic heterocycles. The van der Waals surface area contributed by atoms with E-state index in [1.807, 2.05) is 6.92 Å². The molecule has 2 amide bonds. The lowest BCUT2D eigenvalue weighted by Gasteiger charge is -2.46. The van der Waals surface area contributed by atoms with Gasteiger partial charge in [-0.2, -0.15) is 0 Å². The van der Waals surface area contributed by atoms with Crippen molar-refractivity contribution in [1.82, 2.24) is 15.1 Å². The van der Waals surface area contributed by atoms with Gasteiger partial charge in [-0.1, -0.05) is 6.92 Å². The van der Waals surface area contributed by atoms with Crippen LogP contribution >= 0.6 is 11.8 Å². The average Bonchev–Trinajstić information content (AvgIpc) is 3.09. The molecule has 9 heteroatoms. The molecule has 3 N–H and O–H groups in total. The third-order valence-electron chi connectivity index (χ3n) is 5.43. The van der Waals surface area contributed by atoms with Crippen molar-refractivity contribution >= 4 is 29.5 Å². The molecule has 0 aromatic heterocycles. The second-order valence-corrected chi connectivity index (χ2v) is 8.78. The number of β-lactam (4-membered cyclic amide) rings is 1. The van der Waals surface area contributed by atoms with Gasteiger partial charge in [0, 0.05) is 36.7 Å². The number of aliphatic hydroxyl groups is 1. The number of amides is 2. The lowest BCUT2D eigenvalue weighted by Crippen LogP contribution is -2.63. The molecule has 26 heavy (non-hydrogen) atoms. The Hall–Kier alpha value is -1.58. The molecule has 3 heterocycles. The summed E-state index contributed by atoms with van der Waals surface area (Å²) in [7, 11) is 3.42. The zero-order valence-electron chi connectivity index (χ0n) is 15.3. The summed E-state index contributed by atoms with van der Waals surface area (Å²) in [6, 6.07) is -0.568. The van der Waals surface area contributed by atoms with Crippen molar-refractivity contribution in [3.05, 3.63) is 10.6 Å². The summed E-state index contributed by atoms with van der Waals surface area (Å²) in [5.41, 5.74) is 0.0387. The lowest BCUT2D eigenvalue weighted by molar-refractivity contribution is -0.163. The van der Waals surface area contributed by atoms with Crippen molar-refractivity contribution in [1.29, 1.82) is 0 Å². The number of hydrogen-bond donors (Lipinski definition) is 3. The van der Waals surface area contributed by atoms with Gasteiger partial charge in [-0.25, -0.2) is 4.79 Å². The van der Waals surface area contributed by atoms with Crippen molar-refractivity contribution < 1.29 is 24.6 Å². The molecular formula is C17H25N3O5S. The Morgan fingerprint density at radius 3 is 2.58 bits per heavy atom. The van der Waals surface area contributed by atoms with Crippen LogP contribution in [0.15, 0.2) is 10.6 Å². The number of fused-ring (bicyclic) bond motifs is 1. The van der Waals surface area contributed by atoms with E-state index in [-0.39, 0.29) is 40.8 Å². The first-order valence-corrected chi connectivity index (χ1v) is 9.62. The SMILES string of the molecule is C[C@H](O)[C@H]1C(=O)N2C(C(=O)O)=C(S[C@@H]3CN[C@H](C(=O)N(C)C)C3)[C@H](C)[C@H]12. The Morgan fingerprint density at radius 2 is 2.04 bits per heavy atom. The Balaban J connectivity index is 1.78. The van der Waals surface area contributed by atoms with Crippen molar-refractivity contribution in [3.63, 3.8) is 0 Å². The van der Waals surface area contributed by atoms with Gasteiger partial charge in [0.05, 0.1) is 24.1 Å². The Kier molecular flexibility index (Phi) is 5.06. The molecule has 2 saturated heterocycles. The van der Waals surface area contributed by atoms with E-state index in [2.05, 4.69) is 5.32 Å². The van der Waals surface area contributed by atoms with Crippen LogP contribution in [-0.2, 0) is 14.4 Å². The number of carbonyl (C=O) groups excluding carboxylic acids is 2. The van der Waals surface area contributed by atoms with Gasteiger partial charge in [0.2, 0.25) is 11.8 Å². The molecular weight excluding hydrogens is 358 g/mol. The highest BCUT2D eigenvalue weighted by atomic mass is 32.2. The molecule has 0 spiro atoms. The van der Waals surface area contributed by atoms with Crippen LogP contribution in [0.1, 0.15) is 20.3 Å². The van der Waals surface area contributed by atoms with Crippen LogP contribution in [0.4, 0.5) is 0 Å². The van der Waals surface area contributed by atoms with E-state index in [0.717, 1.165) is 0 Å². The molecule has 3 rings (SSSR count). The number of hydrogen-bond acceptors (Lipinski definition) is 6. The second kappa shape index (κ2) is 6.86. The molecule has 8 nitrogen and oxygen atoms in total. The van der Waals surface area contributed by atoms with Gasteiger partial charge in [-0.15, -0.1) is 11.8 Å². The van der Waals surface area contributed by atoms with Crippen molar-refractivity contribution in [2.24, 2.45) is 11.8 Å². The van der Waals surface area contributed by atoms with Crippen molar-refractivity contribution in [3.8, 4) is 0 Å². The van der Waals surface area contributed by atoms with E-state index < -0.39 is 18.0 Å². The number of aliphatic carboxylic acids is 1. The van der Waals surface area contributed by atoms with Crippen LogP contribution in [-0.4, -0.2) is 81.9 Å². The van der Waals surface area contributed by atoms with E-state index in [0.29, 0.717) is 17.9 Å². The normalized spacial score (nSPS) is 34.6. The number of carboxylic acids is 1. The van der Waals surface area contributed by atoms with Crippen LogP contribution in [0.2, 0.25) is 0 Å². The van der Waals surface area contributed by atoms with E-state index in [9.17, 15) is 24.6 Å². The van der Waals surface area contributed by atoms with E-state index >= 15 is 0 Å². The molecule has 6 atom stereocenters. The maximum Gasteiger partial charge on any atom is 0.353 e. The number of thioether (sulfide) groups is 1. The van der Waals surface area contributed by atoms with Gasteiger partial charge in [0.15, 0.2) is 0 Å². The van der Waals surface area contributed by atoms with Crippen molar-refractivity contribution in [2.45, 2.75) is 43.7 Å². The molecule has 0 unspecified atom stereocenters. The predicted molar refractivity (Wildman–Crippen MR) is 96.1 cm³/mol. The van der Waals surface area contributed by atoms with Crippen LogP contribution in [0.5, 0.6) is 0 Å². The summed E-state index contributed by atoms with van der Waals surface area (Å²) in [6.45, 7) is 4.08. The Bertz CT molecular complexity index is 677. The molecule has 0 aliphatic carbocycles. The largest absolute Gasteiger partial charge is 0.477 e. The lowest BCUT2D eigenvalue weighted by atomic mass is 9.79. The minimum absolute atomic E-state index is 0.00757. The predicted octanol–water partition coefficient (Wildman–Crippen LogP) is -0.308. The van der Waals surface area contributed by atoms with Gasteiger partial charge in [-0.3, -0.25) is 9.59 Å². The highest BCUT2D eigenvalue weighted by Gasteiger charge is 2.60. The topological polar surface area (TPSA) is 110 Å². The summed E-state index contributed by atoms with van der Waals surface area (Å²) in [4.78, 5) is 39.8. The summed E-state index contributed by atoms with van der Waals surface area (Å²) in [6.07, 6.45) is -0.190. The molecule has 0 aromatic rings. The van der Waals surface area contributed by atoms with Gasteiger partial charge in [-0.05, 0) is 13.3 Å². The standard InChI is InChI=1S/C17H25N3O5S/c1-7-12-11(8(2)21)16(23)20(12)13(17(24)25)14(7)26-9-5-10(18-6-9)15(22)19(3)4/h7-12,18,21H,5-6H2,1-4H3,(H,24,25)/t7-,8+,9+,10+,11-,12-/m1/s1. The molecule has 0 bridgehead atoms. The monoisotopic (exact) mass is 383 g/mol. The third-order valence-corrected chi connectivity index (χ3v) is 6.95. The quantitative estimate of drug-likeness (QED) is 0.559. The first-order chi connectivity index (χ1) is 12.1. The molecule has 3 aliphatic rings. The van der Waals surface area contributed by atoms with Crippen LogP contribution < -0.4 is 5.32 Å². The molecule has 0 saturated carbocycles. The third kappa shape index (κ3) is 2.91. The van der Waals surface area contributed by atoms with Gasteiger partial charge in [0.1, 0.15) is 5.70 Å². The highest BCUT2D eigenvalue weighted by Crippen LogP contribution is 2.51. The molecule has 144 valence electrons. The minimum atomic E-state index is -1.12. The Morgan fingerprint density at radius 1 is 1.38 bits per heavy atom. The zero-order chi connectivity index (χ0) is 19.3. The van der Waals surface area contributed by atoms with Crippen LogP contribution in [0.3, 0.4) is 0 Å². The molecule has 0 aromatic carbocycles. The summed E-state index contributed by atoms with van der Waals surface area (Å²) >= 11 is 1.45. The fourth-order valence-corrected chi connectivity index (χ4v) is 5.63. The van der Waals surface area contributed by atoms with Gasteiger partial charge >= 0.3 is 5.97 Å². The fourth-order valence-electron chi connectivity index (χ4n) is 4.15. The fraction of sp³-hybridized carbons (Fsp3) is 0.706. The van der Waals surface area contributed by atoms with E-state index in [1.165, 1.54) is 16.7 Å². The van der Waals surface area contributed by atoms with Crippen molar-refractivity contribution in [2.75, 3.05) is 20.6 Å². The number of nitrogens with one attached hydrogen (secondary N) is 1. The summed E-state index contributed by atoms with van der Waals surface area (Å²) < 4.78 is 0. The van der Waals surface area contributed by atoms with E-state index in [1.54, 1.807) is 25.9 Å². The number of rotatable bonds is 5.